The van der Waals surface area contributed by atoms with E-state index in [1.807, 2.05) is 4.90 Å². The lowest BCUT2D eigenvalue weighted by molar-refractivity contribution is -0.159. The average Bonchev–Trinajstić information content (AvgIpc) is 3.23. The summed E-state index contributed by atoms with van der Waals surface area (Å²) in [4.78, 5) is 34.8. The molecular formula is C18H20F3N5O4. The normalized spacial score (nSPS) is 14.7. The number of piperazine rings is 1. The van der Waals surface area contributed by atoms with E-state index in [1.165, 1.54) is 6.20 Å². The summed E-state index contributed by atoms with van der Waals surface area (Å²) in [6, 6.07) is 3.21. The Morgan fingerprint density at radius 2 is 1.90 bits per heavy atom. The van der Waals surface area contributed by atoms with Gasteiger partial charge in [0.1, 0.15) is 5.82 Å². The standard InChI is InChI=1S/C18H20F3N5O4/c1-2-29-15(28)6-5-14(27)26-9-7-25(8-10-26)13-4-3-12(11-22-13)16-23-17(30-24-16)18(19,20)21/h3-4,11H,2,5-10H2,1H3. The molecule has 0 bridgehead atoms. The molecule has 0 N–H and O–H groups in total. The molecule has 2 aromatic rings. The van der Waals surface area contributed by atoms with Gasteiger partial charge >= 0.3 is 18.0 Å². The molecule has 3 rings (SSSR count). The molecule has 0 spiro atoms. The van der Waals surface area contributed by atoms with Crippen LogP contribution in [-0.4, -0.2) is 64.7 Å². The van der Waals surface area contributed by atoms with Crippen molar-refractivity contribution in [2.24, 2.45) is 0 Å². The first-order valence-corrected chi connectivity index (χ1v) is 9.33. The molecule has 162 valence electrons. The Balaban J connectivity index is 1.53. The summed E-state index contributed by atoms with van der Waals surface area (Å²) < 4.78 is 46.7. The van der Waals surface area contributed by atoms with E-state index in [-0.39, 0.29) is 31.2 Å². The Kier molecular flexibility index (Phi) is 6.53. The van der Waals surface area contributed by atoms with Crippen molar-refractivity contribution in [2.45, 2.75) is 25.9 Å². The maximum Gasteiger partial charge on any atom is 0.471 e. The molecule has 1 fully saturated rings. The maximum absolute atomic E-state index is 12.6. The van der Waals surface area contributed by atoms with Gasteiger partial charge in [-0.15, -0.1) is 0 Å². The van der Waals surface area contributed by atoms with Gasteiger partial charge in [-0.3, -0.25) is 9.59 Å². The van der Waals surface area contributed by atoms with Gasteiger partial charge in [0.2, 0.25) is 11.7 Å². The highest BCUT2D eigenvalue weighted by atomic mass is 19.4. The van der Waals surface area contributed by atoms with Crippen LogP contribution < -0.4 is 4.90 Å². The highest BCUT2D eigenvalue weighted by Crippen LogP contribution is 2.29. The quantitative estimate of drug-likeness (QED) is 0.647. The Morgan fingerprint density at radius 1 is 1.17 bits per heavy atom. The van der Waals surface area contributed by atoms with Gasteiger partial charge in [-0.05, 0) is 19.1 Å². The van der Waals surface area contributed by atoms with Gasteiger partial charge < -0.3 is 19.1 Å². The number of esters is 1. The number of hydrogen-bond donors (Lipinski definition) is 0. The van der Waals surface area contributed by atoms with Crippen LogP contribution in [0.2, 0.25) is 0 Å². The average molecular weight is 427 g/mol. The zero-order valence-corrected chi connectivity index (χ0v) is 16.2. The number of halogens is 3. The molecule has 0 aliphatic carbocycles. The Hall–Kier alpha value is -3.18. The van der Waals surface area contributed by atoms with Crippen LogP contribution in [0.4, 0.5) is 19.0 Å². The van der Waals surface area contributed by atoms with E-state index in [4.69, 9.17) is 4.74 Å². The van der Waals surface area contributed by atoms with Crippen LogP contribution in [0.3, 0.4) is 0 Å². The minimum atomic E-state index is -4.70. The third kappa shape index (κ3) is 5.24. The Labute approximate surface area is 169 Å². The Bertz CT molecular complexity index is 877. The van der Waals surface area contributed by atoms with Crippen LogP contribution in [0.5, 0.6) is 0 Å². The molecule has 0 atom stereocenters. The summed E-state index contributed by atoms with van der Waals surface area (Å²) in [5, 5.41) is 3.33. The van der Waals surface area contributed by atoms with E-state index in [0.29, 0.717) is 37.6 Å². The number of hydrogen-bond acceptors (Lipinski definition) is 8. The predicted octanol–water partition coefficient (Wildman–Crippen LogP) is 2.14. The number of rotatable bonds is 6. The first-order valence-electron chi connectivity index (χ1n) is 9.33. The lowest BCUT2D eigenvalue weighted by atomic mass is 10.2. The fourth-order valence-electron chi connectivity index (χ4n) is 2.95. The van der Waals surface area contributed by atoms with Gasteiger partial charge in [-0.25, -0.2) is 4.98 Å². The maximum atomic E-state index is 12.6. The van der Waals surface area contributed by atoms with Crippen LogP contribution in [-0.2, 0) is 20.5 Å². The Morgan fingerprint density at radius 3 is 2.47 bits per heavy atom. The zero-order chi connectivity index (χ0) is 21.7. The summed E-state index contributed by atoms with van der Waals surface area (Å²) in [7, 11) is 0. The molecule has 1 saturated heterocycles. The second kappa shape index (κ2) is 9.09. The molecule has 1 aliphatic heterocycles. The molecule has 2 aromatic heterocycles. The highest BCUT2D eigenvalue weighted by Gasteiger charge is 2.38. The van der Waals surface area contributed by atoms with Crippen molar-refractivity contribution in [1.82, 2.24) is 20.0 Å². The van der Waals surface area contributed by atoms with E-state index in [1.54, 1.807) is 24.0 Å². The topological polar surface area (TPSA) is 102 Å². The second-order valence-corrected chi connectivity index (χ2v) is 6.50. The minimum absolute atomic E-state index is 0.0576. The zero-order valence-electron chi connectivity index (χ0n) is 16.2. The molecule has 9 nitrogen and oxygen atoms in total. The molecule has 1 amide bonds. The summed E-state index contributed by atoms with van der Waals surface area (Å²) in [6.45, 7) is 4.03. The molecule has 3 heterocycles. The summed E-state index contributed by atoms with van der Waals surface area (Å²) >= 11 is 0. The summed E-state index contributed by atoms with van der Waals surface area (Å²) in [5.74, 6) is -1.48. The van der Waals surface area contributed by atoms with Crippen LogP contribution >= 0.6 is 0 Å². The van der Waals surface area contributed by atoms with E-state index >= 15 is 0 Å². The van der Waals surface area contributed by atoms with Gasteiger partial charge in [0.05, 0.1) is 13.0 Å². The van der Waals surface area contributed by atoms with Crippen molar-refractivity contribution in [3.05, 3.63) is 24.2 Å². The molecule has 12 heteroatoms. The van der Waals surface area contributed by atoms with Crippen molar-refractivity contribution in [3.8, 4) is 11.4 Å². The van der Waals surface area contributed by atoms with Crippen molar-refractivity contribution in [3.63, 3.8) is 0 Å². The monoisotopic (exact) mass is 427 g/mol. The molecular weight excluding hydrogens is 407 g/mol. The van der Waals surface area contributed by atoms with E-state index in [0.717, 1.165) is 0 Å². The lowest BCUT2D eigenvalue weighted by Crippen LogP contribution is -2.49. The van der Waals surface area contributed by atoms with Crippen molar-refractivity contribution in [1.29, 1.82) is 0 Å². The highest BCUT2D eigenvalue weighted by molar-refractivity contribution is 5.81. The van der Waals surface area contributed by atoms with E-state index in [9.17, 15) is 22.8 Å². The number of nitrogens with zero attached hydrogens (tertiary/aromatic N) is 5. The number of anilines is 1. The number of amides is 1. The lowest BCUT2D eigenvalue weighted by Gasteiger charge is -2.35. The van der Waals surface area contributed by atoms with Gasteiger partial charge in [0.15, 0.2) is 0 Å². The predicted molar refractivity (Wildman–Crippen MR) is 97.2 cm³/mol. The second-order valence-electron chi connectivity index (χ2n) is 6.50. The van der Waals surface area contributed by atoms with Crippen molar-refractivity contribution < 1.29 is 32.0 Å². The van der Waals surface area contributed by atoms with Crippen molar-refractivity contribution >= 4 is 17.7 Å². The van der Waals surface area contributed by atoms with Crippen LogP contribution in [0.1, 0.15) is 25.7 Å². The van der Waals surface area contributed by atoms with Crippen molar-refractivity contribution in [2.75, 3.05) is 37.7 Å². The summed E-state index contributed by atoms with van der Waals surface area (Å²) in [5.41, 5.74) is 0.297. The first-order chi connectivity index (χ1) is 14.3. The molecule has 1 aliphatic rings. The van der Waals surface area contributed by atoms with Gasteiger partial charge in [-0.2, -0.15) is 18.2 Å². The number of ether oxygens (including phenoxy) is 1. The smallest absolute Gasteiger partial charge is 0.466 e. The minimum Gasteiger partial charge on any atom is -0.466 e. The van der Waals surface area contributed by atoms with Crippen LogP contribution in [0.15, 0.2) is 22.9 Å². The fourth-order valence-corrected chi connectivity index (χ4v) is 2.95. The number of carbonyl (C=O) groups excluding carboxylic acids is 2. The number of pyridine rings is 1. The van der Waals surface area contributed by atoms with E-state index in [2.05, 4.69) is 19.6 Å². The van der Waals surface area contributed by atoms with Gasteiger partial charge in [0.25, 0.3) is 0 Å². The third-order valence-corrected chi connectivity index (χ3v) is 4.48. The van der Waals surface area contributed by atoms with Crippen LogP contribution in [0.25, 0.3) is 11.4 Å². The SMILES string of the molecule is CCOC(=O)CCC(=O)N1CCN(c2ccc(-c3noc(C(F)(F)F)n3)cn2)CC1. The van der Waals surface area contributed by atoms with Gasteiger partial charge in [-0.1, -0.05) is 5.16 Å². The fraction of sp³-hybridized carbons (Fsp3) is 0.500. The largest absolute Gasteiger partial charge is 0.471 e. The molecule has 0 unspecified atom stereocenters. The number of carbonyl (C=O) groups is 2. The molecule has 0 aromatic carbocycles. The van der Waals surface area contributed by atoms with Crippen LogP contribution in [0, 0.1) is 0 Å². The third-order valence-electron chi connectivity index (χ3n) is 4.48. The van der Waals surface area contributed by atoms with E-state index < -0.39 is 18.0 Å². The molecule has 0 radical (unpaired) electrons. The number of aromatic nitrogens is 3. The summed E-state index contributed by atoms with van der Waals surface area (Å²) in [6.07, 6.45) is -3.16. The number of alkyl halides is 3. The molecule has 0 saturated carbocycles. The first kappa shape index (κ1) is 21.5. The molecule has 30 heavy (non-hydrogen) atoms. The van der Waals surface area contributed by atoms with Gasteiger partial charge in [0, 0.05) is 44.4 Å².